The lowest BCUT2D eigenvalue weighted by atomic mass is 10.2. The van der Waals surface area contributed by atoms with Gasteiger partial charge in [-0.15, -0.1) is 5.10 Å². The van der Waals surface area contributed by atoms with E-state index in [1.54, 1.807) is 6.07 Å². The van der Waals surface area contributed by atoms with E-state index in [1.165, 1.54) is 16.8 Å². The molecule has 7 heteroatoms. The Bertz CT molecular complexity index is 609. The predicted octanol–water partition coefficient (Wildman–Crippen LogP) is 1.39. The standard InChI is InChI=1S/C11H11ClN4O2/c1-6-10(5-13)14-15-16(6)7-2-3-9(12)8(4-7)11(17)18/h2-4H,5,13H2,1H3,(H,17,18). The number of benzene rings is 1. The largest absolute Gasteiger partial charge is 0.478 e. The van der Waals surface area contributed by atoms with Crippen LogP contribution in [-0.4, -0.2) is 26.1 Å². The third-order valence-electron chi connectivity index (χ3n) is 2.61. The van der Waals surface area contributed by atoms with E-state index in [0.717, 1.165) is 5.69 Å². The Morgan fingerprint density at radius 1 is 1.56 bits per heavy atom. The SMILES string of the molecule is Cc1c(CN)nnn1-c1ccc(Cl)c(C(=O)O)c1. The highest BCUT2D eigenvalue weighted by molar-refractivity contribution is 6.33. The second-order valence-electron chi connectivity index (χ2n) is 3.71. The number of carboxylic acids is 1. The molecule has 1 heterocycles. The highest BCUT2D eigenvalue weighted by Gasteiger charge is 2.13. The fourth-order valence-electron chi connectivity index (χ4n) is 1.60. The van der Waals surface area contributed by atoms with Crippen molar-refractivity contribution in [2.24, 2.45) is 5.73 Å². The summed E-state index contributed by atoms with van der Waals surface area (Å²) < 4.78 is 1.53. The van der Waals surface area contributed by atoms with Crippen LogP contribution in [-0.2, 0) is 6.54 Å². The minimum atomic E-state index is -1.08. The van der Waals surface area contributed by atoms with E-state index in [4.69, 9.17) is 22.4 Å². The van der Waals surface area contributed by atoms with E-state index >= 15 is 0 Å². The van der Waals surface area contributed by atoms with Crippen LogP contribution in [0, 0.1) is 6.92 Å². The van der Waals surface area contributed by atoms with Gasteiger partial charge in [-0.1, -0.05) is 16.8 Å². The second-order valence-corrected chi connectivity index (χ2v) is 4.11. The van der Waals surface area contributed by atoms with Crippen LogP contribution in [0.25, 0.3) is 5.69 Å². The molecule has 0 aliphatic rings. The number of hydrogen-bond acceptors (Lipinski definition) is 4. The molecule has 2 aromatic rings. The van der Waals surface area contributed by atoms with Gasteiger partial charge in [-0.2, -0.15) is 0 Å². The Hall–Kier alpha value is -1.92. The molecule has 0 aliphatic heterocycles. The first kappa shape index (κ1) is 12.5. The minimum absolute atomic E-state index is 0.0263. The molecule has 0 aliphatic carbocycles. The van der Waals surface area contributed by atoms with E-state index in [1.807, 2.05) is 6.92 Å². The maximum atomic E-state index is 11.0. The monoisotopic (exact) mass is 266 g/mol. The number of rotatable bonds is 3. The quantitative estimate of drug-likeness (QED) is 0.875. The summed E-state index contributed by atoms with van der Waals surface area (Å²) >= 11 is 5.80. The summed E-state index contributed by atoms with van der Waals surface area (Å²) in [4.78, 5) is 11.0. The minimum Gasteiger partial charge on any atom is -0.478 e. The lowest BCUT2D eigenvalue weighted by Gasteiger charge is -2.06. The zero-order valence-electron chi connectivity index (χ0n) is 9.59. The molecule has 6 nitrogen and oxygen atoms in total. The van der Waals surface area contributed by atoms with Gasteiger partial charge in [-0.3, -0.25) is 0 Å². The van der Waals surface area contributed by atoms with Crippen LogP contribution in [0.2, 0.25) is 5.02 Å². The van der Waals surface area contributed by atoms with Crippen LogP contribution >= 0.6 is 11.6 Å². The summed E-state index contributed by atoms with van der Waals surface area (Å²) in [6.45, 7) is 2.10. The summed E-state index contributed by atoms with van der Waals surface area (Å²) in [6.07, 6.45) is 0. The summed E-state index contributed by atoms with van der Waals surface area (Å²) in [7, 11) is 0. The number of halogens is 1. The summed E-state index contributed by atoms with van der Waals surface area (Å²) in [6, 6.07) is 4.65. The molecule has 0 unspecified atom stereocenters. The van der Waals surface area contributed by atoms with E-state index < -0.39 is 5.97 Å². The Morgan fingerprint density at radius 2 is 2.28 bits per heavy atom. The molecule has 1 aromatic heterocycles. The van der Waals surface area contributed by atoms with Crippen LogP contribution in [0.1, 0.15) is 21.7 Å². The average molecular weight is 267 g/mol. The van der Waals surface area contributed by atoms with E-state index in [2.05, 4.69) is 10.3 Å². The van der Waals surface area contributed by atoms with Gasteiger partial charge in [0.05, 0.1) is 27.7 Å². The Labute approximate surface area is 108 Å². The Balaban J connectivity index is 2.54. The molecule has 0 saturated carbocycles. The number of carbonyl (C=O) groups is 1. The van der Waals surface area contributed by atoms with Crippen molar-refractivity contribution in [2.75, 3.05) is 0 Å². The average Bonchev–Trinajstić information content (AvgIpc) is 2.71. The van der Waals surface area contributed by atoms with Crippen LogP contribution in [0.15, 0.2) is 18.2 Å². The first-order valence-corrected chi connectivity index (χ1v) is 5.57. The highest BCUT2D eigenvalue weighted by atomic mass is 35.5. The van der Waals surface area contributed by atoms with Gasteiger partial charge in [0.25, 0.3) is 0 Å². The summed E-state index contributed by atoms with van der Waals surface area (Å²) in [5.41, 5.74) is 7.57. The summed E-state index contributed by atoms with van der Waals surface area (Å²) in [5.74, 6) is -1.08. The Kier molecular flexibility index (Phi) is 3.31. The highest BCUT2D eigenvalue weighted by Crippen LogP contribution is 2.20. The predicted molar refractivity (Wildman–Crippen MR) is 66.0 cm³/mol. The van der Waals surface area contributed by atoms with E-state index in [0.29, 0.717) is 11.4 Å². The molecule has 94 valence electrons. The van der Waals surface area contributed by atoms with Gasteiger partial charge in [-0.25, -0.2) is 9.48 Å². The molecular weight excluding hydrogens is 256 g/mol. The zero-order valence-corrected chi connectivity index (χ0v) is 10.3. The lowest BCUT2D eigenvalue weighted by molar-refractivity contribution is 0.0697. The van der Waals surface area contributed by atoms with Crippen molar-refractivity contribution in [2.45, 2.75) is 13.5 Å². The van der Waals surface area contributed by atoms with Crippen molar-refractivity contribution in [3.8, 4) is 5.69 Å². The Morgan fingerprint density at radius 3 is 2.83 bits per heavy atom. The number of nitrogens with zero attached hydrogens (tertiary/aromatic N) is 3. The molecule has 0 amide bonds. The van der Waals surface area contributed by atoms with Gasteiger partial charge in [0, 0.05) is 6.54 Å². The van der Waals surface area contributed by atoms with Gasteiger partial charge < -0.3 is 10.8 Å². The molecule has 0 fully saturated rings. The lowest BCUT2D eigenvalue weighted by Crippen LogP contribution is -2.04. The molecule has 0 atom stereocenters. The molecule has 18 heavy (non-hydrogen) atoms. The third kappa shape index (κ3) is 2.07. The van der Waals surface area contributed by atoms with E-state index in [-0.39, 0.29) is 17.1 Å². The van der Waals surface area contributed by atoms with Crippen molar-refractivity contribution in [3.63, 3.8) is 0 Å². The molecular formula is C11H11ClN4O2. The smallest absolute Gasteiger partial charge is 0.337 e. The summed E-state index contributed by atoms with van der Waals surface area (Å²) in [5, 5.41) is 17.0. The fraction of sp³-hybridized carbons (Fsp3) is 0.182. The van der Waals surface area contributed by atoms with Gasteiger partial charge >= 0.3 is 5.97 Å². The molecule has 0 spiro atoms. The number of aromatic nitrogens is 3. The first-order valence-electron chi connectivity index (χ1n) is 5.19. The van der Waals surface area contributed by atoms with Crippen molar-refractivity contribution in [1.29, 1.82) is 0 Å². The van der Waals surface area contributed by atoms with Crippen LogP contribution in [0.4, 0.5) is 0 Å². The van der Waals surface area contributed by atoms with Crippen LogP contribution in [0.5, 0.6) is 0 Å². The zero-order chi connectivity index (χ0) is 13.3. The number of carboxylic acid groups (broad SMARTS) is 1. The molecule has 1 aromatic carbocycles. The van der Waals surface area contributed by atoms with Crippen molar-refractivity contribution in [1.82, 2.24) is 15.0 Å². The third-order valence-corrected chi connectivity index (χ3v) is 2.94. The topological polar surface area (TPSA) is 94.0 Å². The molecule has 0 bridgehead atoms. The maximum Gasteiger partial charge on any atom is 0.337 e. The van der Waals surface area contributed by atoms with Crippen LogP contribution < -0.4 is 5.73 Å². The number of aromatic carboxylic acids is 1. The van der Waals surface area contributed by atoms with Crippen molar-refractivity contribution in [3.05, 3.63) is 40.2 Å². The molecule has 0 saturated heterocycles. The maximum absolute atomic E-state index is 11.0. The molecule has 0 radical (unpaired) electrons. The van der Waals surface area contributed by atoms with Gasteiger partial charge in [-0.05, 0) is 25.1 Å². The second kappa shape index (κ2) is 4.75. The van der Waals surface area contributed by atoms with Gasteiger partial charge in [0.2, 0.25) is 0 Å². The molecule has 2 rings (SSSR count). The van der Waals surface area contributed by atoms with Gasteiger partial charge in [0.1, 0.15) is 0 Å². The fourth-order valence-corrected chi connectivity index (χ4v) is 1.80. The number of nitrogens with two attached hydrogens (primary N) is 1. The van der Waals surface area contributed by atoms with Crippen molar-refractivity contribution < 1.29 is 9.90 Å². The first-order chi connectivity index (χ1) is 8.54. The van der Waals surface area contributed by atoms with Gasteiger partial charge in [0.15, 0.2) is 0 Å². The molecule has 3 N–H and O–H groups in total. The normalized spacial score (nSPS) is 10.6. The van der Waals surface area contributed by atoms with E-state index in [9.17, 15) is 4.79 Å². The number of hydrogen-bond donors (Lipinski definition) is 2. The van der Waals surface area contributed by atoms with Crippen LogP contribution in [0.3, 0.4) is 0 Å². The van der Waals surface area contributed by atoms with Crippen molar-refractivity contribution >= 4 is 17.6 Å².